The third-order valence-corrected chi connectivity index (χ3v) is 5.27. The van der Waals surface area contributed by atoms with Gasteiger partial charge < -0.3 is 10.6 Å². The van der Waals surface area contributed by atoms with Crippen LogP contribution in [-0.4, -0.2) is 21.8 Å². The molecule has 19 heavy (non-hydrogen) atoms. The standard InChI is InChI=1S/C12H13BrN4OS/c1-5-6(4-14-17-5)9-7(13)8-10(19-9)11(18)16-12(2,3)15-8/h4,15H,1-3H3,(H,14,17)(H,16,18). The van der Waals surface area contributed by atoms with Gasteiger partial charge in [-0.1, -0.05) is 0 Å². The molecule has 2 aromatic rings. The first-order valence-electron chi connectivity index (χ1n) is 5.82. The van der Waals surface area contributed by atoms with Gasteiger partial charge in [-0.25, -0.2) is 0 Å². The van der Waals surface area contributed by atoms with Crippen molar-refractivity contribution in [3.05, 3.63) is 21.2 Å². The monoisotopic (exact) mass is 340 g/mol. The topological polar surface area (TPSA) is 69.8 Å². The molecule has 5 nitrogen and oxygen atoms in total. The summed E-state index contributed by atoms with van der Waals surface area (Å²) in [4.78, 5) is 13.8. The average Bonchev–Trinajstić information content (AvgIpc) is 2.83. The number of halogens is 1. The number of rotatable bonds is 1. The van der Waals surface area contributed by atoms with Crippen LogP contribution in [0, 0.1) is 6.92 Å². The van der Waals surface area contributed by atoms with Crippen molar-refractivity contribution in [1.29, 1.82) is 0 Å². The van der Waals surface area contributed by atoms with Gasteiger partial charge in [-0.05, 0) is 36.7 Å². The zero-order chi connectivity index (χ0) is 13.8. The number of carbonyl (C=O) groups is 1. The van der Waals surface area contributed by atoms with E-state index in [1.54, 1.807) is 6.20 Å². The van der Waals surface area contributed by atoms with Crippen molar-refractivity contribution in [2.75, 3.05) is 5.32 Å². The summed E-state index contributed by atoms with van der Waals surface area (Å²) in [7, 11) is 0. The quantitative estimate of drug-likeness (QED) is 0.747. The molecule has 3 N–H and O–H groups in total. The normalized spacial score (nSPS) is 16.7. The highest BCUT2D eigenvalue weighted by atomic mass is 79.9. The predicted octanol–water partition coefficient (Wildman–Crippen LogP) is 3.10. The number of aromatic nitrogens is 2. The Kier molecular flexibility index (Phi) is 2.72. The van der Waals surface area contributed by atoms with Crippen molar-refractivity contribution in [3.8, 4) is 10.4 Å². The predicted molar refractivity (Wildman–Crippen MR) is 79.5 cm³/mol. The maximum Gasteiger partial charge on any atom is 0.265 e. The van der Waals surface area contributed by atoms with E-state index in [4.69, 9.17) is 0 Å². The highest BCUT2D eigenvalue weighted by Gasteiger charge is 2.34. The van der Waals surface area contributed by atoms with Crippen LogP contribution in [0.5, 0.6) is 0 Å². The molecule has 0 unspecified atom stereocenters. The molecular formula is C12H13BrN4OS. The number of aromatic amines is 1. The number of fused-ring (bicyclic) bond motifs is 1. The second-order valence-electron chi connectivity index (χ2n) is 5.06. The van der Waals surface area contributed by atoms with E-state index in [1.165, 1.54) is 11.3 Å². The second-order valence-corrected chi connectivity index (χ2v) is 6.88. The lowest BCUT2D eigenvalue weighted by atomic mass is 10.1. The molecule has 0 aromatic carbocycles. The Balaban J connectivity index is 2.18. The molecule has 1 aliphatic rings. The van der Waals surface area contributed by atoms with Gasteiger partial charge in [0.05, 0.1) is 21.2 Å². The average molecular weight is 341 g/mol. The number of carbonyl (C=O) groups excluding carboxylic acids is 1. The fraction of sp³-hybridized carbons (Fsp3) is 0.333. The summed E-state index contributed by atoms with van der Waals surface area (Å²) in [6, 6.07) is 0. The SMILES string of the molecule is Cc1[nH]ncc1-c1sc2c(c1Br)NC(C)(C)NC2=O. The summed E-state index contributed by atoms with van der Waals surface area (Å²) in [6.07, 6.45) is 1.78. The Labute approximate surface area is 122 Å². The molecule has 3 rings (SSSR count). The van der Waals surface area contributed by atoms with Gasteiger partial charge in [-0.3, -0.25) is 9.89 Å². The van der Waals surface area contributed by atoms with Gasteiger partial charge >= 0.3 is 0 Å². The van der Waals surface area contributed by atoms with Crippen molar-refractivity contribution in [3.63, 3.8) is 0 Å². The van der Waals surface area contributed by atoms with E-state index >= 15 is 0 Å². The Hall–Kier alpha value is -1.34. The Morgan fingerprint density at radius 2 is 2.05 bits per heavy atom. The maximum atomic E-state index is 12.1. The Morgan fingerprint density at radius 1 is 1.32 bits per heavy atom. The van der Waals surface area contributed by atoms with Crippen molar-refractivity contribution >= 4 is 38.9 Å². The molecule has 7 heteroatoms. The molecule has 1 aliphatic heterocycles. The first-order valence-corrected chi connectivity index (χ1v) is 7.43. The summed E-state index contributed by atoms with van der Waals surface area (Å²) in [5.74, 6) is -0.0446. The smallest absolute Gasteiger partial charge is 0.265 e. The summed E-state index contributed by atoms with van der Waals surface area (Å²) in [5.41, 5.74) is 2.41. The minimum Gasteiger partial charge on any atom is -0.361 e. The van der Waals surface area contributed by atoms with Gasteiger partial charge in [0, 0.05) is 11.3 Å². The number of anilines is 1. The summed E-state index contributed by atoms with van der Waals surface area (Å²) >= 11 is 5.06. The van der Waals surface area contributed by atoms with Gasteiger partial charge in [-0.15, -0.1) is 11.3 Å². The van der Waals surface area contributed by atoms with Crippen molar-refractivity contribution in [2.24, 2.45) is 0 Å². The van der Waals surface area contributed by atoms with E-state index in [2.05, 4.69) is 36.8 Å². The first kappa shape index (κ1) is 12.7. The highest BCUT2D eigenvalue weighted by molar-refractivity contribution is 9.10. The van der Waals surface area contributed by atoms with Gasteiger partial charge in [0.2, 0.25) is 0 Å². The lowest BCUT2D eigenvalue weighted by Crippen LogP contribution is -2.52. The summed E-state index contributed by atoms with van der Waals surface area (Å²) in [6.45, 7) is 5.83. The molecule has 2 aromatic heterocycles. The van der Waals surface area contributed by atoms with E-state index in [9.17, 15) is 4.79 Å². The molecule has 0 aliphatic carbocycles. The zero-order valence-corrected chi connectivity index (χ0v) is 13.1. The van der Waals surface area contributed by atoms with E-state index < -0.39 is 5.66 Å². The number of nitrogens with one attached hydrogen (secondary N) is 3. The first-order chi connectivity index (χ1) is 8.89. The number of hydrogen-bond acceptors (Lipinski definition) is 4. The van der Waals surface area contributed by atoms with Crippen LogP contribution in [0.15, 0.2) is 10.7 Å². The molecule has 0 saturated heterocycles. The van der Waals surface area contributed by atoms with Crippen LogP contribution in [0.4, 0.5) is 5.69 Å². The summed E-state index contributed by atoms with van der Waals surface area (Å²) < 4.78 is 0.917. The third kappa shape index (κ3) is 1.97. The van der Waals surface area contributed by atoms with Gasteiger partial charge in [0.15, 0.2) is 0 Å². The van der Waals surface area contributed by atoms with Crippen LogP contribution in [0.1, 0.15) is 29.2 Å². The van der Waals surface area contributed by atoms with Crippen molar-refractivity contribution in [2.45, 2.75) is 26.4 Å². The maximum absolute atomic E-state index is 12.1. The van der Waals surface area contributed by atoms with E-state index in [-0.39, 0.29) is 5.91 Å². The number of hydrogen-bond donors (Lipinski definition) is 3. The minimum atomic E-state index is -0.448. The molecule has 100 valence electrons. The van der Waals surface area contributed by atoms with E-state index in [1.807, 2.05) is 20.8 Å². The van der Waals surface area contributed by atoms with E-state index in [0.29, 0.717) is 4.88 Å². The largest absolute Gasteiger partial charge is 0.361 e. The highest BCUT2D eigenvalue weighted by Crippen LogP contribution is 2.46. The van der Waals surface area contributed by atoms with E-state index in [0.717, 1.165) is 26.3 Å². The lowest BCUT2D eigenvalue weighted by molar-refractivity contribution is 0.0918. The Bertz CT molecular complexity index is 673. The molecule has 0 radical (unpaired) electrons. The molecule has 3 heterocycles. The number of thiophene rings is 1. The van der Waals surface area contributed by atoms with Gasteiger partial charge in [-0.2, -0.15) is 5.10 Å². The number of nitrogens with zero attached hydrogens (tertiary/aromatic N) is 1. The molecular weight excluding hydrogens is 328 g/mol. The zero-order valence-electron chi connectivity index (χ0n) is 10.7. The van der Waals surface area contributed by atoms with Crippen molar-refractivity contribution < 1.29 is 4.79 Å². The minimum absolute atomic E-state index is 0.0446. The van der Waals surface area contributed by atoms with Crippen LogP contribution in [0.3, 0.4) is 0 Å². The molecule has 0 spiro atoms. The van der Waals surface area contributed by atoms with Crippen LogP contribution in [0.25, 0.3) is 10.4 Å². The van der Waals surface area contributed by atoms with Crippen LogP contribution in [0.2, 0.25) is 0 Å². The molecule has 0 atom stereocenters. The van der Waals surface area contributed by atoms with Crippen LogP contribution >= 0.6 is 27.3 Å². The number of aryl methyl sites for hydroxylation is 1. The summed E-state index contributed by atoms with van der Waals surface area (Å²) in [5, 5.41) is 13.2. The number of amides is 1. The van der Waals surface area contributed by atoms with Crippen LogP contribution < -0.4 is 10.6 Å². The van der Waals surface area contributed by atoms with Crippen LogP contribution in [-0.2, 0) is 0 Å². The fourth-order valence-electron chi connectivity index (χ4n) is 2.12. The fourth-order valence-corrected chi connectivity index (χ4v) is 4.12. The third-order valence-electron chi connectivity index (χ3n) is 2.99. The molecule has 1 amide bonds. The molecule has 0 saturated carbocycles. The number of H-pyrrole nitrogens is 1. The second kappa shape index (κ2) is 4.08. The molecule has 0 bridgehead atoms. The van der Waals surface area contributed by atoms with Crippen molar-refractivity contribution in [1.82, 2.24) is 15.5 Å². The molecule has 0 fully saturated rings. The Morgan fingerprint density at radius 3 is 2.68 bits per heavy atom. The lowest BCUT2D eigenvalue weighted by Gasteiger charge is -2.33. The van der Waals surface area contributed by atoms with Gasteiger partial charge in [0.25, 0.3) is 5.91 Å². The van der Waals surface area contributed by atoms with Gasteiger partial charge in [0.1, 0.15) is 10.5 Å².